The van der Waals surface area contributed by atoms with Crippen molar-refractivity contribution in [3.8, 4) is 0 Å². The molecule has 0 aliphatic carbocycles. The molecule has 2 fully saturated rings. The molecular weight excluding hydrogens is 328 g/mol. The number of fused-ring (bicyclic) bond motifs is 2. The Kier molecular flexibility index (Phi) is 4.60. The van der Waals surface area contributed by atoms with E-state index in [1.807, 2.05) is 24.3 Å². The highest BCUT2D eigenvalue weighted by Gasteiger charge is 2.48. The molecule has 3 heteroatoms. The number of piperidine rings is 1. The van der Waals surface area contributed by atoms with Crippen LogP contribution in [0.15, 0.2) is 48.5 Å². The van der Waals surface area contributed by atoms with Crippen molar-refractivity contribution in [1.82, 2.24) is 0 Å². The van der Waals surface area contributed by atoms with Gasteiger partial charge in [-0.3, -0.25) is 0 Å². The Morgan fingerprint density at radius 2 is 1.23 bits per heavy atom. The number of hydrogen-bond donors (Lipinski definition) is 0. The predicted octanol–water partition coefficient (Wildman–Crippen LogP) is 5.50. The molecule has 0 amide bonds. The smallest absolute Gasteiger partial charge is 0.123 e. The lowest BCUT2D eigenvalue weighted by atomic mass is 9.78. The number of benzene rings is 2. The second-order valence-corrected chi connectivity index (χ2v) is 8.74. The van der Waals surface area contributed by atoms with Crippen LogP contribution in [0.5, 0.6) is 0 Å². The first-order valence-electron chi connectivity index (χ1n) is 9.77. The monoisotopic (exact) mass is 356 g/mol. The van der Waals surface area contributed by atoms with E-state index in [0.29, 0.717) is 5.92 Å². The fourth-order valence-electron chi connectivity index (χ4n) is 5.37. The van der Waals surface area contributed by atoms with Gasteiger partial charge in [-0.1, -0.05) is 24.3 Å². The van der Waals surface area contributed by atoms with Gasteiger partial charge < -0.3 is 4.48 Å². The van der Waals surface area contributed by atoms with E-state index in [1.165, 1.54) is 54.4 Å². The Balaban J connectivity index is 1.59. The second-order valence-electron chi connectivity index (χ2n) is 8.74. The van der Waals surface area contributed by atoms with E-state index in [1.54, 1.807) is 0 Å². The van der Waals surface area contributed by atoms with Crippen molar-refractivity contribution in [2.45, 2.75) is 50.1 Å². The largest absolute Gasteiger partial charge is 0.324 e. The first kappa shape index (κ1) is 17.7. The molecule has 0 spiro atoms. The first-order valence-corrected chi connectivity index (χ1v) is 9.77. The van der Waals surface area contributed by atoms with Crippen LogP contribution in [0.4, 0.5) is 8.78 Å². The van der Waals surface area contributed by atoms with E-state index in [9.17, 15) is 8.78 Å². The van der Waals surface area contributed by atoms with Crippen LogP contribution in [-0.4, -0.2) is 30.7 Å². The Morgan fingerprint density at radius 1 is 0.808 bits per heavy atom. The fraction of sp³-hybridized carbons (Fsp3) is 0.478. The number of rotatable bonds is 4. The number of halogens is 2. The lowest BCUT2D eigenvalue weighted by Crippen LogP contribution is -2.54. The summed E-state index contributed by atoms with van der Waals surface area (Å²) in [5.41, 5.74) is 2.26. The summed E-state index contributed by atoms with van der Waals surface area (Å²) in [5, 5.41) is 0. The normalized spacial score (nSPS) is 27.0. The number of hydrogen-bond acceptors (Lipinski definition) is 0. The van der Waals surface area contributed by atoms with Crippen LogP contribution in [0.2, 0.25) is 0 Å². The molecule has 0 N–H and O–H groups in total. The zero-order valence-corrected chi connectivity index (χ0v) is 15.7. The van der Waals surface area contributed by atoms with Gasteiger partial charge in [0.25, 0.3) is 0 Å². The van der Waals surface area contributed by atoms with Crippen LogP contribution < -0.4 is 0 Å². The lowest BCUT2D eigenvalue weighted by Gasteiger charge is -2.45. The average Bonchev–Trinajstić information content (AvgIpc) is 2.78. The Morgan fingerprint density at radius 3 is 1.65 bits per heavy atom. The molecule has 2 unspecified atom stereocenters. The highest BCUT2D eigenvalue weighted by atomic mass is 19.1. The summed E-state index contributed by atoms with van der Waals surface area (Å²) < 4.78 is 28.0. The van der Waals surface area contributed by atoms with Crippen molar-refractivity contribution in [2.75, 3.05) is 14.1 Å². The minimum absolute atomic E-state index is 0.203. The van der Waals surface area contributed by atoms with Gasteiger partial charge in [-0.15, -0.1) is 0 Å². The third-order valence-corrected chi connectivity index (χ3v) is 7.04. The van der Waals surface area contributed by atoms with Crippen molar-refractivity contribution < 1.29 is 13.3 Å². The maximum absolute atomic E-state index is 13.4. The summed E-state index contributed by atoms with van der Waals surface area (Å²) in [6, 6.07) is 15.2. The summed E-state index contributed by atoms with van der Waals surface area (Å²) in [6.07, 6.45) is 6.27. The fourth-order valence-corrected chi connectivity index (χ4v) is 5.37. The van der Waals surface area contributed by atoms with Crippen molar-refractivity contribution in [2.24, 2.45) is 5.92 Å². The second kappa shape index (κ2) is 6.77. The molecule has 138 valence electrons. The molecule has 0 radical (unpaired) electrons. The topological polar surface area (TPSA) is 0 Å². The highest BCUT2D eigenvalue weighted by Crippen LogP contribution is 2.45. The molecule has 4 rings (SSSR count). The Labute approximate surface area is 155 Å². The maximum atomic E-state index is 13.4. The van der Waals surface area contributed by atoms with E-state index in [0.717, 1.165) is 29.6 Å². The SMILES string of the molecule is C[N+]1(C)C2CCC1CC(CC(c1ccc(F)cc1)c1ccc(F)cc1)C2. The molecule has 2 aliphatic rings. The van der Waals surface area contributed by atoms with Crippen molar-refractivity contribution >= 4 is 0 Å². The molecule has 2 aliphatic heterocycles. The van der Waals surface area contributed by atoms with Gasteiger partial charge in [-0.05, 0) is 47.7 Å². The predicted molar refractivity (Wildman–Crippen MR) is 101 cm³/mol. The van der Waals surface area contributed by atoms with Crippen LogP contribution >= 0.6 is 0 Å². The molecule has 2 saturated heterocycles. The molecule has 2 atom stereocenters. The maximum Gasteiger partial charge on any atom is 0.123 e. The quantitative estimate of drug-likeness (QED) is 0.634. The van der Waals surface area contributed by atoms with E-state index in [2.05, 4.69) is 14.1 Å². The molecule has 1 nitrogen and oxygen atoms in total. The van der Waals surface area contributed by atoms with Gasteiger partial charge in [-0.25, -0.2) is 8.78 Å². The van der Waals surface area contributed by atoms with Crippen molar-refractivity contribution in [3.05, 3.63) is 71.3 Å². The van der Waals surface area contributed by atoms with Crippen molar-refractivity contribution in [1.29, 1.82) is 0 Å². The van der Waals surface area contributed by atoms with E-state index in [-0.39, 0.29) is 17.6 Å². The molecule has 0 aromatic heterocycles. The molecule has 2 heterocycles. The average molecular weight is 356 g/mol. The minimum atomic E-state index is -0.207. The van der Waals surface area contributed by atoms with Gasteiger partial charge in [0.05, 0.1) is 26.2 Å². The summed E-state index contributed by atoms with van der Waals surface area (Å²) in [5.74, 6) is 0.468. The molecule has 2 bridgehead atoms. The zero-order chi connectivity index (χ0) is 18.3. The standard InChI is InChI=1S/C23H28F2N/c1-26(2)21-11-12-22(26)14-16(13-21)15-23(17-3-7-19(24)8-4-17)18-5-9-20(25)10-6-18/h3-10,16,21-23H,11-15H2,1-2H3/q+1. The Hall–Kier alpha value is -1.74. The van der Waals surface area contributed by atoms with Crippen LogP contribution in [0.25, 0.3) is 0 Å². The Bertz CT molecular complexity index is 689. The van der Waals surface area contributed by atoms with Crippen LogP contribution in [0, 0.1) is 17.6 Å². The van der Waals surface area contributed by atoms with Crippen LogP contribution in [-0.2, 0) is 0 Å². The van der Waals surface area contributed by atoms with Crippen LogP contribution in [0.1, 0.15) is 49.1 Å². The molecule has 2 aromatic carbocycles. The molecular formula is C23H28F2N+. The van der Waals surface area contributed by atoms with E-state index in [4.69, 9.17) is 0 Å². The third kappa shape index (κ3) is 3.29. The van der Waals surface area contributed by atoms with Gasteiger partial charge in [0.2, 0.25) is 0 Å². The molecule has 0 saturated carbocycles. The highest BCUT2D eigenvalue weighted by molar-refractivity contribution is 5.33. The van der Waals surface area contributed by atoms with Gasteiger partial charge in [0.15, 0.2) is 0 Å². The summed E-state index contributed by atoms with van der Waals surface area (Å²) in [4.78, 5) is 0. The number of quaternary nitrogens is 1. The van der Waals surface area contributed by atoms with Gasteiger partial charge in [-0.2, -0.15) is 0 Å². The summed E-state index contributed by atoms with van der Waals surface area (Å²) >= 11 is 0. The van der Waals surface area contributed by atoms with Gasteiger partial charge >= 0.3 is 0 Å². The zero-order valence-electron chi connectivity index (χ0n) is 15.7. The first-order chi connectivity index (χ1) is 12.4. The van der Waals surface area contributed by atoms with Gasteiger partial charge in [0, 0.05) is 31.6 Å². The molecule has 2 aromatic rings. The van der Waals surface area contributed by atoms with E-state index >= 15 is 0 Å². The third-order valence-electron chi connectivity index (χ3n) is 7.04. The lowest BCUT2D eigenvalue weighted by molar-refractivity contribution is -0.931. The van der Waals surface area contributed by atoms with E-state index < -0.39 is 0 Å². The van der Waals surface area contributed by atoms with Gasteiger partial charge in [0.1, 0.15) is 11.6 Å². The summed E-state index contributed by atoms with van der Waals surface area (Å²) in [6.45, 7) is 0. The summed E-state index contributed by atoms with van der Waals surface area (Å²) in [7, 11) is 4.77. The molecule has 26 heavy (non-hydrogen) atoms. The number of nitrogens with zero attached hydrogens (tertiary/aromatic N) is 1. The van der Waals surface area contributed by atoms with Crippen LogP contribution in [0.3, 0.4) is 0 Å². The van der Waals surface area contributed by atoms with Crippen molar-refractivity contribution in [3.63, 3.8) is 0 Å². The minimum Gasteiger partial charge on any atom is -0.324 e.